The van der Waals surface area contributed by atoms with Crippen LogP contribution in [0, 0.1) is 11.8 Å². The van der Waals surface area contributed by atoms with Crippen LogP contribution in [0.15, 0.2) is 0 Å². The first-order valence-electron chi connectivity index (χ1n) is 3.89. The molecule has 2 heteroatoms. The lowest BCUT2D eigenvalue weighted by atomic mass is 10.2. The second kappa shape index (κ2) is 7.63. The molecule has 0 atom stereocenters. The van der Waals surface area contributed by atoms with Crippen LogP contribution in [0.3, 0.4) is 0 Å². The van der Waals surface area contributed by atoms with Crippen molar-refractivity contribution in [1.82, 2.24) is 0 Å². The molecule has 0 fully saturated rings. The molecule has 0 aliphatic rings. The van der Waals surface area contributed by atoms with E-state index in [4.69, 9.17) is 11.6 Å². The van der Waals surface area contributed by atoms with Crippen LogP contribution in [0.2, 0.25) is 0 Å². The zero-order valence-electron chi connectivity index (χ0n) is 6.82. The fourth-order valence-electron chi connectivity index (χ4n) is 0.658. The summed E-state index contributed by atoms with van der Waals surface area (Å²) in [4.78, 5) is 10.5. The van der Waals surface area contributed by atoms with E-state index in [2.05, 4.69) is 18.8 Å². The van der Waals surface area contributed by atoms with Crippen molar-refractivity contribution < 1.29 is 4.79 Å². The summed E-state index contributed by atoms with van der Waals surface area (Å²) in [5, 5.41) is 0. The van der Waals surface area contributed by atoms with Gasteiger partial charge in [0.2, 0.25) is 5.78 Å². The summed E-state index contributed by atoms with van der Waals surface area (Å²) < 4.78 is 0. The highest BCUT2D eigenvalue weighted by Gasteiger charge is 1.88. The third kappa shape index (κ3) is 7.42. The van der Waals surface area contributed by atoms with Gasteiger partial charge in [0.15, 0.2) is 0 Å². The van der Waals surface area contributed by atoms with Gasteiger partial charge in [-0.3, -0.25) is 4.79 Å². The van der Waals surface area contributed by atoms with Crippen molar-refractivity contribution in [2.75, 3.05) is 5.88 Å². The Balaban J connectivity index is 3.32. The Morgan fingerprint density at radius 3 is 2.73 bits per heavy atom. The van der Waals surface area contributed by atoms with Gasteiger partial charge in [-0.25, -0.2) is 0 Å². The predicted octanol–water partition coefficient (Wildman–Crippen LogP) is 2.38. The van der Waals surface area contributed by atoms with E-state index < -0.39 is 0 Å². The maximum atomic E-state index is 10.5. The molecule has 0 aliphatic carbocycles. The number of hydrogen-bond acceptors (Lipinski definition) is 1. The van der Waals surface area contributed by atoms with E-state index >= 15 is 0 Å². The Bertz CT molecular complexity index is 164. The third-order valence-corrected chi connectivity index (χ3v) is 1.50. The van der Waals surface area contributed by atoms with Crippen molar-refractivity contribution >= 4 is 17.4 Å². The molecule has 0 amide bonds. The molecule has 0 rings (SSSR count). The summed E-state index contributed by atoms with van der Waals surface area (Å²) in [6.45, 7) is 2.14. The number of unbranched alkanes of at least 4 members (excludes halogenated alkanes) is 3. The number of halogens is 1. The topological polar surface area (TPSA) is 17.1 Å². The minimum Gasteiger partial charge on any atom is -0.284 e. The summed E-state index contributed by atoms with van der Waals surface area (Å²) >= 11 is 5.24. The van der Waals surface area contributed by atoms with Crippen LogP contribution >= 0.6 is 11.6 Å². The second-order valence-corrected chi connectivity index (χ2v) is 2.58. The molecule has 62 valence electrons. The fraction of sp³-hybridized carbons (Fsp3) is 0.667. The molecule has 0 spiro atoms. The van der Waals surface area contributed by atoms with Crippen molar-refractivity contribution in [3.05, 3.63) is 0 Å². The number of carbonyl (C=O) groups excluding carboxylic acids is 1. The van der Waals surface area contributed by atoms with E-state index in [9.17, 15) is 4.79 Å². The molecular formula is C9H13ClO. The average molecular weight is 173 g/mol. The van der Waals surface area contributed by atoms with E-state index in [1.807, 2.05) is 0 Å². The molecule has 0 radical (unpaired) electrons. The molecule has 0 aliphatic heterocycles. The Morgan fingerprint density at radius 2 is 2.18 bits per heavy atom. The maximum absolute atomic E-state index is 10.5. The molecule has 1 nitrogen and oxygen atoms in total. The number of hydrogen-bond donors (Lipinski definition) is 0. The Hall–Kier alpha value is -0.480. The normalized spacial score (nSPS) is 8.55. The van der Waals surface area contributed by atoms with Gasteiger partial charge in [-0.15, -0.1) is 11.6 Å². The fourth-order valence-corrected chi connectivity index (χ4v) is 0.725. The highest BCUT2D eigenvalue weighted by molar-refractivity contribution is 6.30. The number of carbonyl (C=O) groups is 1. The van der Waals surface area contributed by atoms with Crippen molar-refractivity contribution in [2.24, 2.45) is 0 Å². The lowest BCUT2D eigenvalue weighted by Crippen LogP contribution is -1.92. The molecule has 0 heterocycles. The van der Waals surface area contributed by atoms with Crippen LogP contribution < -0.4 is 0 Å². The summed E-state index contributed by atoms with van der Waals surface area (Å²) in [5.41, 5.74) is 0. The van der Waals surface area contributed by atoms with Crippen LogP contribution in [0.4, 0.5) is 0 Å². The van der Waals surface area contributed by atoms with Gasteiger partial charge in [0, 0.05) is 6.42 Å². The van der Waals surface area contributed by atoms with E-state index in [0.717, 1.165) is 12.8 Å². The Morgan fingerprint density at radius 1 is 1.45 bits per heavy atom. The van der Waals surface area contributed by atoms with Crippen LogP contribution in [0.25, 0.3) is 0 Å². The van der Waals surface area contributed by atoms with Crippen LogP contribution in [-0.2, 0) is 4.79 Å². The number of Topliss-reactive ketones (excluding diaryl/α,β-unsaturated/α-hetero) is 1. The second-order valence-electron chi connectivity index (χ2n) is 2.32. The standard InChI is InChI=1S/C9H13ClO/c1-2-3-4-5-6-7-9(11)8-10/h2-5,8H2,1H3. The zero-order valence-corrected chi connectivity index (χ0v) is 7.58. The van der Waals surface area contributed by atoms with Gasteiger partial charge in [-0.2, -0.15) is 0 Å². The molecular weight excluding hydrogens is 160 g/mol. The van der Waals surface area contributed by atoms with Crippen LogP contribution in [-0.4, -0.2) is 11.7 Å². The van der Waals surface area contributed by atoms with E-state index in [0.29, 0.717) is 0 Å². The zero-order chi connectivity index (χ0) is 8.53. The monoisotopic (exact) mass is 172 g/mol. The highest BCUT2D eigenvalue weighted by atomic mass is 35.5. The van der Waals surface area contributed by atoms with Gasteiger partial charge in [-0.05, 0) is 12.3 Å². The largest absolute Gasteiger partial charge is 0.284 e. The van der Waals surface area contributed by atoms with Gasteiger partial charge in [0.05, 0.1) is 5.88 Å². The molecule has 0 saturated heterocycles. The van der Waals surface area contributed by atoms with Gasteiger partial charge in [-0.1, -0.05) is 25.7 Å². The molecule has 0 aromatic carbocycles. The Labute approximate surface area is 73.1 Å². The number of alkyl halides is 1. The lowest BCUT2D eigenvalue weighted by Gasteiger charge is -1.87. The van der Waals surface area contributed by atoms with Gasteiger partial charge >= 0.3 is 0 Å². The van der Waals surface area contributed by atoms with Crippen molar-refractivity contribution in [3.63, 3.8) is 0 Å². The minimum absolute atomic E-state index is 0.0147. The van der Waals surface area contributed by atoms with Crippen molar-refractivity contribution in [2.45, 2.75) is 32.6 Å². The van der Waals surface area contributed by atoms with Crippen molar-refractivity contribution in [1.29, 1.82) is 0 Å². The summed E-state index contributed by atoms with van der Waals surface area (Å²) in [7, 11) is 0. The van der Waals surface area contributed by atoms with Crippen LogP contribution in [0.1, 0.15) is 32.6 Å². The van der Waals surface area contributed by atoms with E-state index in [1.54, 1.807) is 0 Å². The maximum Gasteiger partial charge on any atom is 0.220 e. The minimum atomic E-state index is -0.178. The average Bonchev–Trinajstić information content (AvgIpc) is 2.04. The predicted molar refractivity (Wildman–Crippen MR) is 47.6 cm³/mol. The quantitative estimate of drug-likeness (QED) is 0.276. The van der Waals surface area contributed by atoms with E-state index in [1.165, 1.54) is 12.8 Å². The smallest absolute Gasteiger partial charge is 0.220 e. The molecule has 0 saturated carbocycles. The Kier molecular flexibility index (Phi) is 7.29. The highest BCUT2D eigenvalue weighted by Crippen LogP contribution is 1.96. The van der Waals surface area contributed by atoms with E-state index in [-0.39, 0.29) is 11.7 Å². The van der Waals surface area contributed by atoms with Crippen LogP contribution in [0.5, 0.6) is 0 Å². The molecule has 0 N–H and O–H groups in total. The molecule has 11 heavy (non-hydrogen) atoms. The first kappa shape index (κ1) is 10.5. The van der Waals surface area contributed by atoms with Crippen molar-refractivity contribution in [3.8, 4) is 11.8 Å². The molecule has 0 unspecified atom stereocenters. The first-order valence-corrected chi connectivity index (χ1v) is 4.42. The molecule has 0 aromatic heterocycles. The number of rotatable bonds is 4. The van der Waals surface area contributed by atoms with Gasteiger partial charge < -0.3 is 0 Å². The molecule has 0 aromatic rings. The SMILES string of the molecule is CCCCCC#CC(=O)CCl. The molecule has 0 bridgehead atoms. The lowest BCUT2D eigenvalue weighted by molar-refractivity contribution is -0.111. The summed E-state index contributed by atoms with van der Waals surface area (Å²) in [6.07, 6.45) is 4.27. The van der Waals surface area contributed by atoms with Gasteiger partial charge in [0.25, 0.3) is 0 Å². The summed E-state index contributed by atoms with van der Waals surface area (Å²) in [6, 6.07) is 0. The summed E-state index contributed by atoms with van der Waals surface area (Å²) in [5.74, 6) is 5.09. The van der Waals surface area contributed by atoms with Gasteiger partial charge in [0.1, 0.15) is 0 Å². The number of ketones is 1. The third-order valence-electron chi connectivity index (χ3n) is 1.25. The first-order chi connectivity index (χ1) is 5.31.